The highest BCUT2D eigenvalue weighted by atomic mass is 127. The van der Waals surface area contributed by atoms with Gasteiger partial charge in [0.15, 0.2) is 11.6 Å². The maximum absolute atomic E-state index is 11.6. The number of carbonyl (C=O) groups excluding carboxylic acids is 2. The van der Waals surface area contributed by atoms with Gasteiger partial charge in [-0.25, -0.2) is 0 Å². The van der Waals surface area contributed by atoms with Crippen molar-refractivity contribution in [2.45, 2.75) is 56.2 Å². The smallest absolute Gasteiger partial charge is 0.160 e. The molecule has 4 rings (SSSR count). The van der Waals surface area contributed by atoms with Crippen molar-refractivity contribution in [2.75, 3.05) is 14.2 Å². The molecule has 216 valence electrons. The average Bonchev–Trinajstić information content (AvgIpc) is 2.89. The van der Waals surface area contributed by atoms with Crippen molar-refractivity contribution in [1.82, 2.24) is 0 Å². The highest BCUT2D eigenvalue weighted by molar-refractivity contribution is 14.1. The first-order valence-electron chi connectivity index (χ1n) is 12.9. The fourth-order valence-corrected chi connectivity index (χ4v) is 6.47. The Hall–Kier alpha value is -2.75. The van der Waals surface area contributed by atoms with Crippen LogP contribution >= 0.6 is 47.0 Å². The number of thiol groups is 1. The topological polar surface area (TPSA) is 52.6 Å². The average molecular weight is 701 g/mol. The largest absolute Gasteiger partial charge is 0.497 e. The second-order valence-corrected chi connectivity index (χ2v) is 12.3. The molecular formula is C34H37IO4S2. The van der Waals surface area contributed by atoms with E-state index < -0.39 is 0 Å². The Labute approximate surface area is 267 Å². The second kappa shape index (κ2) is 16.6. The van der Waals surface area contributed by atoms with Crippen LogP contribution in [0.3, 0.4) is 0 Å². The molecule has 0 radical (unpaired) electrons. The molecule has 41 heavy (non-hydrogen) atoms. The summed E-state index contributed by atoms with van der Waals surface area (Å²) >= 11 is 8.06. The molecule has 0 aromatic heterocycles. The molecule has 0 saturated heterocycles. The van der Waals surface area contributed by atoms with Crippen LogP contribution in [0, 0.1) is 31.3 Å². The van der Waals surface area contributed by atoms with Gasteiger partial charge in [0.1, 0.15) is 11.5 Å². The highest BCUT2D eigenvalue weighted by Gasteiger charge is 2.10. The zero-order valence-electron chi connectivity index (χ0n) is 24.8. The monoisotopic (exact) mass is 700 g/mol. The fourth-order valence-electron chi connectivity index (χ4n) is 4.37. The number of benzene rings is 4. The van der Waals surface area contributed by atoms with Crippen molar-refractivity contribution < 1.29 is 19.1 Å². The van der Waals surface area contributed by atoms with Crippen LogP contribution < -0.4 is 9.47 Å². The van der Waals surface area contributed by atoms with E-state index in [-0.39, 0.29) is 11.6 Å². The molecule has 4 aromatic carbocycles. The summed E-state index contributed by atoms with van der Waals surface area (Å²) in [7, 11) is 3.31. The van der Waals surface area contributed by atoms with E-state index in [0.29, 0.717) is 0 Å². The first-order valence-corrected chi connectivity index (χ1v) is 15.2. The van der Waals surface area contributed by atoms with Crippen molar-refractivity contribution in [3.8, 4) is 11.5 Å². The molecule has 7 heteroatoms. The second-order valence-electron chi connectivity index (χ2n) is 9.43. The molecule has 0 amide bonds. The molecule has 0 aliphatic heterocycles. The first kappa shape index (κ1) is 34.5. The summed E-state index contributed by atoms with van der Waals surface area (Å²) < 4.78 is 11.3. The van der Waals surface area contributed by atoms with E-state index in [1.165, 1.54) is 3.57 Å². The van der Waals surface area contributed by atoms with Crippen LogP contribution in [0.1, 0.15) is 56.8 Å². The van der Waals surface area contributed by atoms with E-state index in [9.17, 15) is 9.59 Å². The zero-order valence-corrected chi connectivity index (χ0v) is 28.7. The van der Waals surface area contributed by atoms with Gasteiger partial charge >= 0.3 is 0 Å². The van der Waals surface area contributed by atoms with Crippen LogP contribution in [0.2, 0.25) is 0 Å². The van der Waals surface area contributed by atoms with Crippen molar-refractivity contribution in [1.29, 1.82) is 0 Å². The molecule has 0 aliphatic rings. The van der Waals surface area contributed by atoms with Gasteiger partial charge in [-0.05, 0) is 159 Å². The molecule has 0 bridgehead atoms. The molecular weight excluding hydrogens is 663 g/mol. The number of Topliss-reactive ketones (excluding diaryl/α,β-unsaturated/α-hetero) is 2. The molecule has 0 N–H and O–H groups in total. The van der Waals surface area contributed by atoms with Crippen LogP contribution in [0.25, 0.3) is 0 Å². The van der Waals surface area contributed by atoms with E-state index in [1.54, 1.807) is 39.8 Å². The highest BCUT2D eigenvalue weighted by Crippen LogP contribution is 2.32. The number of hydrogen-bond donors (Lipinski definition) is 1. The van der Waals surface area contributed by atoms with Gasteiger partial charge in [-0.2, -0.15) is 0 Å². The summed E-state index contributed by atoms with van der Waals surface area (Å²) in [5, 5.41) is 0. The van der Waals surface area contributed by atoms with E-state index in [4.69, 9.17) is 9.47 Å². The maximum Gasteiger partial charge on any atom is 0.160 e. The normalized spacial score (nSPS) is 10.0. The third-order valence-corrected chi connectivity index (χ3v) is 7.98. The Morgan fingerprint density at radius 2 is 1.00 bits per heavy atom. The first-order chi connectivity index (χ1) is 19.4. The van der Waals surface area contributed by atoms with Gasteiger partial charge in [0.05, 0.1) is 14.2 Å². The predicted octanol–water partition coefficient (Wildman–Crippen LogP) is 9.76. The molecule has 0 unspecified atom stereocenters. The number of methoxy groups -OCH3 is 2. The standard InChI is InChI=1S/C17H18O2S.C10H11IO.C7H8OS/c1-11-9-16(10-12(2)17(11)13(3)18)20-15-7-5-14(19-4)6-8-15;1-6-4-9(11)5-7(2)10(6)8(3)12;1-8-6-2-4-7(9)5-3-6/h5-10H,1-4H3;4-5H,1-3H3;2-5,9H,1H3. The minimum absolute atomic E-state index is 0.126. The van der Waals surface area contributed by atoms with Crippen molar-refractivity contribution in [3.05, 3.63) is 110 Å². The van der Waals surface area contributed by atoms with Crippen LogP contribution in [0.4, 0.5) is 0 Å². The third kappa shape index (κ3) is 10.9. The summed E-state index contributed by atoms with van der Waals surface area (Å²) in [5.41, 5.74) is 5.93. The number of ketones is 2. The van der Waals surface area contributed by atoms with E-state index in [2.05, 4.69) is 47.4 Å². The minimum Gasteiger partial charge on any atom is -0.497 e. The number of ether oxygens (including phenoxy) is 2. The predicted molar refractivity (Wildman–Crippen MR) is 182 cm³/mol. The summed E-state index contributed by atoms with van der Waals surface area (Å²) in [5.74, 6) is 2.00. The van der Waals surface area contributed by atoms with Crippen LogP contribution in [0.5, 0.6) is 11.5 Å². The molecule has 0 heterocycles. The Balaban J connectivity index is 0.000000237. The Kier molecular flexibility index (Phi) is 14.0. The lowest BCUT2D eigenvalue weighted by Crippen LogP contribution is -2.00. The number of carbonyl (C=O) groups is 2. The summed E-state index contributed by atoms with van der Waals surface area (Å²) in [6, 6.07) is 23.7. The van der Waals surface area contributed by atoms with Gasteiger partial charge in [0.25, 0.3) is 0 Å². The Morgan fingerprint density at radius 3 is 1.37 bits per heavy atom. The lowest BCUT2D eigenvalue weighted by Gasteiger charge is -2.10. The van der Waals surface area contributed by atoms with Crippen LogP contribution in [-0.2, 0) is 0 Å². The van der Waals surface area contributed by atoms with E-state index >= 15 is 0 Å². The van der Waals surface area contributed by atoms with E-state index in [0.717, 1.165) is 59.6 Å². The lowest BCUT2D eigenvalue weighted by atomic mass is 10.0. The summed E-state index contributed by atoms with van der Waals surface area (Å²) in [6.45, 7) is 11.2. The van der Waals surface area contributed by atoms with Gasteiger partial charge in [0.2, 0.25) is 0 Å². The van der Waals surface area contributed by atoms with Gasteiger partial charge in [0, 0.05) is 29.4 Å². The van der Waals surface area contributed by atoms with Gasteiger partial charge in [-0.1, -0.05) is 11.8 Å². The lowest BCUT2D eigenvalue weighted by molar-refractivity contribution is 0.100. The zero-order chi connectivity index (χ0) is 30.7. The molecule has 0 aliphatic carbocycles. The quantitative estimate of drug-likeness (QED) is 0.123. The summed E-state index contributed by atoms with van der Waals surface area (Å²) in [6.07, 6.45) is 0. The summed E-state index contributed by atoms with van der Waals surface area (Å²) in [4.78, 5) is 26.1. The minimum atomic E-state index is 0.126. The van der Waals surface area contributed by atoms with Gasteiger partial charge in [-0.15, -0.1) is 12.6 Å². The molecule has 0 saturated carbocycles. The molecule has 4 nitrogen and oxygen atoms in total. The van der Waals surface area contributed by atoms with E-state index in [1.807, 2.05) is 88.4 Å². The number of halogens is 1. The number of hydrogen-bond acceptors (Lipinski definition) is 6. The molecule has 0 spiro atoms. The number of aryl methyl sites for hydroxylation is 4. The molecule has 4 aromatic rings. The SMILES string of the molecule is CC(=O)c1c(C)cc(I)cc1C.COc1ccc(S)cc1.COc1ccc(Sc2cc(C)c(C(C)=O)c(C)c2)cc1. The van der Waals surface area contributed by atoms with Crippen LogP contribution in [-0.4, -0.2) is 25.8 Å². The third-order valence-electron chi connectivity index (χ3n) is 6.08. The van der Waals surface area contributed by atoms with Gasteiger partial charge in [-0.3, -0.25) is 9.59 Å². The van der Waals surface area contributed by atoms with Crippen molar-refractivity contribution >= 4 is 58.5 Å². The Morgan fingerprint density at radius 1 is 0.634 bits per heavy atom. The number of rotatable bonds is 6. The van der Waals surface area contributed by atoms with Crippen LogP contribution in [0.15, 0.2) is 87.5 Å². The van der Waals surface area contributed by atoms with Crippen molar-refractivity contribution in [3.63, 3.8) is 0 Å². The Bertz CT molecular complexity index is 1430. The van der Waals surface area contributed by atoms with Gasteiger partial charge < -0.3 is 9.47 Å². The van der Waals surface area contributed by atoms with Crippen molar-refractivity contribution in [2.24, 2.45) is 0 Å². The molecule has 0 atom stereocenters. The maximum atomic E-state index is 11.6. The molecule has 0 fully saturated rings. The fraction of sp³-hybridized carbons (Fsp3) is 0.235.